The van der Waals surface area contributed by atoms with Gasteiger partial charge in [-0.3, -0.25) is 0 Å². The predicted molar refractivity (Wildman–Crippen MR) is 109 cm³/mol. The van der Waals surface area contributed by atoms with Gasteiger partial charge in [-0.1, -0.05) is 24.6 Å². The van der Waals surface area contributed by atoms with Crippen molar-refractivity contribution >= 4 is 23.0 Å². The zero-order valence-electron chi connectivity index (χ0n) is 16.1. The molecule has 0 spiro atoms. The Morgan fingerprint density at radius 1 is 1.25 bits per heavy atom. The van der Waals surface area contributed by atoms with Gasteiger partial charge < -0.3 is 15.1 Å². The summed E-state index contributed by atoms with van der Waals surface area (Å²) in [5.41, 5.74) is 5.00. The largest absolute Gasteiger partial charge is 0.349 e. The predicted octanol–water partition coefficient (Wildman–Crippen LogP) is 4.50. The molecule has 0 aromatic heterocycles. The maximum Gasteiger partial charge on any atom is 0.173 e. The minimum absolute atomic E-state index is 0.657. The van der Waals surface area contributed by atoms with E-state index in [2.05, 4.69) is 68.9 Å². The van der Waals surface area contributed by atoms with Crippen LogP contribution in [0, 0.1) is 20.8 Å². The molecule has 3 nitrogen and oxygen atoms in total. The van der Waals surface area contributed by atoms with Crippen LogP contribution in [0.3, 0.4) is 0 Å². The molecule has 1 heterocycles. The summed E-state index contributed by atoms with van der Waals surface area (Å²) in [6.45, 7) is 13.1. The normalized spacial score (nSPS) is 17.2. The van der Waals surface area contributed by atoms with Crippen LogP contribution in [0.2, 0.25) is 0 Å². The van der Waals surface area contributed by atoms with Crippen molar-refractivity contribution in [1.29, 1.82) is 0 Å². The van der Waals surface area contributed by atoms with Crippen molar-refractivity contribution in [2.45, 2.75) is 66.0 Å². The molecule has 1 aliphatic rings. The van der Waals surface area contributed by atoms with Crippen molar-refractivity contribution < 1.29 is 0 Å². The fourth-order valence-corrected chi connectivity index (χ4v) is 3.97. The summed E-state index contributed by atoms with van der Waals surface area (Å²) in [6, 6.07) is 5.77. The molecule has 0 radical (unpaired) electrons. The summed E-state index contributed by atoms with van der Waals surface area (Å²) >= 11 is 5.69. The van der Waals surface area contributed by atoms with E-state index in [0.29, 0.717) is 12.1 Å². The van der Waals surface area contributed by atoms with Gasteiger partial charge in [0.15, 0.2) is 5.11 Å². The summed E-state index contributed by atoms with van der Waals surface area (Å²) in [7, 11) is 2.27. The third-order valence-electron chi connectivity index (χ3n) is 5.52. The molecule has 24 heavy (non-hydrogen) atoms. The summed E-state index contributed by atoms with van der Waals surface area (Å²) in [6.07, 6.45) is 3.59. The number of anilines is 1. The minimum Gasteiger partial charge on any atom is -0.349 e. The lowest BCUT2D eigenvalue weighted by molar-refractivity contribution is 0.126. The Bertz CT molecular complexity index is 553. The number of rotatable bonds is 4. The molecule has 0 bridgehead atoms. The van der Waals surface area contributed by atoms with Crippen LogP contribution >= 0.6 is 12.2 Å². The first-order chi connectivity index (χ1) is 11.3. The monoisotopic (exact) mass is 347 g/mol. The Kier molecular flexibility index (Phi) is 6.64. The molecule has 1 fully saturated rings. The zero-order valence-corrected chi connectivity index (χ0v) is 17.0. The van der Waals surface area contributed by atoms with Crippen molar-refractivity contribution in [3.63, 3.8) is 0 Å². The molecular weight excluding hydrogens is 314 g/mol. The van der Waals surface area contributed by atoms with E-state index in [9.17, 15) is 0 Å². The molecule has 1 saturated heterocycles. The SMILES string of the molecule is CCC(C)N(C)C1CCN(C(=S)Nc2c(C)cc(C)cc2C)CC1. The van der Waals surface area contributed by atoms with Gasteiger partial charge in [0, 0.05) is 30.9 Å². The fraction of sp³-hybridized carbons (Fsp3) is 0.650. The number of nitrogens with zero attached hydrogens (tertiary/aromatic N) is 2. The number of aryl methyl sites for hydroxylation is 3. The van der Waals surface area contributed by atoms with E-state index in [1.54, 1.807) is 0 Å². The van der Waals surface area contributed by atoms with Crippen molar-refractivity contribution in [1.82, 2.24) is 9.80 Å². The van der Waals surface area contributed by atoms with Crippen LogP contribution in [0.1, 0.15) is 49.8 Å². The van der Waals surface area contributed by atoms with Crippen LogP contribution in [0.25, 0.3) is 0 Å². The van der Waals surface area contributed by atoms with Gasteiger partial charge in [0.2, 0.25) is 0 Å². The highest BCUT2D eigenvalue weighted by atomic mass is 32.1. The number of thiocarbonyl (C=S) groups is 1. The fourth-order valence-electron chi connectivity index (χ4n) is 3.69. The molecule has 4 heteroatoms. The quantitative estimate of drug-likeness (QED) is 0.808. The first kappa shape index (κ1) is 19.2. The summed E-state index contributed by atoms with van der Waals surface area (Å²) in [4.78, 5) is 4.87. The third kappa shape index (κ3) is 4.48. The van der Waals surface area contributed by atoms with E-state index in [1.807, 2.05) is 0 Å². The second kappa shape index (κ2) is 8.30. The van der Waals surface area contributed by atoms with Crippen molar-refractivity contribution in [3.8, 4) is 0 Å². The van der Waals surface area contributed by atoms with E-state index in [0.717, 1.165) is 18.2 Å². The van der Waals surface area contributed by atoms with Gasteiger partial charge in [0.25, 0.3) is 0 Å². The van der Waals surface area contributed by atoms with Crippen molar-refractivity contribution in [3.05, 3.63) is 28.8 Å². The Labute approximate surface area is 153 Å². The van der Waals surface area contributed by atoms with Crippen LogP contribution in [0.4, 0.5) is 5.69 Å². The molecule has 0 amide bonds. The highest BCUT2D eigenvalue weighted by molar-refractivity contribution is 7.80. The van der Waals surface area contributed by atoms with Crippen LogP contribution in [0.5, 0.6) is 0 Å². The van der Waals surface area contributed by atoms with Gasteiger partial charge in [-0.2, -0.15) is 0 Å². The topological polar surface area (TPSA) is 18.5 Å². The average Bonchev–Trinajstić information content (AvgIpc) is 2.56. The first-order valence-electron chi connectivity index (χ1n) is 9.19. The van der Waals surface area contributed by atoms with Crippen LogP contribution in [-0.2, 0) is 0 Å². The molecular formula is C20H33N3S. The van der Waals surface area contributed by atoms with Crippen molar-refractivity contribution in [2.24, 2.45) is 0 Å². The second-order valence-corrected chi connectivity index (χ2v) is 7.73. The van der Waals surface area contributed by atoms with Gasteiger partial charge in [0.1, 0.15) is 0 Å². The number of piperidine rings is 1. The van der Waals surface area contributed by atoms with Gasteiger partial charge in [-0.05, 0) is 77.3 Å². The molecule has 1 atom stereocenters. The number of hydrogen-bond donors (Lipinski definition) is 1. The molecule has 1 aliphatic heterocycles. The van der Waals surface area contributed by atoms with Crippen molar-refractivity contribution in [2.75, 3.05) is 25.5 Å². The molecule has 1 aromatic carbocycles. The lowest BCUT2D eigenvalue weighted by Gasteiger charge is -2.40. The molecule has 1 unspecified atom stereocenters. The Morgan fingerprint density at radius 3 is 2.29 bits per heavy atom. The van der Waals surface area contributed by atoms with Gasteiger partial charge in [-0.25, -0.2) is 0 Å². The van der Waals surface area contributed by atoms with Gasteiger partial charge in [0.05, 0.1) is 0 Å². The van der Waals surface area contributed by atoms with Crippen LogP contribution in [0.15, 0.2) is 12.1 Å². The molecule has 134 valence electrons. The average molecular weight is 348 g/mol. The van der Waals surface area contributed by atoms with Gasteiger partial charge in [-0.15, -0.1) is 0 Å². The summed E-state index contributed by atoms with van der Waals surface area (Å²) < 4.78 is 0. The number of nitrogens with one attached hydrogen (secondary N) is 1. The second-order valence-electron chi connectivity index (χ2n) is 7.34. The maximum absolute atomic E-state index is 5.69. The number of hydrogen-bond acceptors (Lipinski definition) is 2. The van der Waals surface area contributed by atoms with E-state index < -0.39 is 0 Å². The Morgan fingerprint density at radius 2 is 1.79 bits per heavy atom. The smallest absolute Gasteiger partial charge is 0.173 e. The lowest BCUT2D eigenvalue weighted by atomic mass is 10.0. The molecule has 1 N–H and O–H groups in total. The van der Waals surface area contributed by atoms with Crippen LogP contribution in [-0.4, -0.2) is 47.1 Å². The van der Waals surface area contributed by atoms with E-state index in [4.69, 9.17) is 12.2 Å². The standard InChI is InChI=1S/C20H33N3S/c1-7-17(5)22(6)18-8-10-23(11-9-18)20(24)21-19-15(3)12-14(2)13-16(19)4/h12-13,17-18H,7-11H2,1-6H3,(H,21,24). The van der Waals surface area contributed by atoms with E-state index >= 15 is 0 Å². The van der Waals surface area contributed by atoms with E-state index in [-0.39, 0.29) is 0 Å². The minimum atomic E-state index is 0.657. The Balaban J connectivity index is 1.94. The number of likely N-dealkylation sites (tertiary alicyclic amines) is 1. The first-order valence-corrected chi connectivity index (χ1v) is 9.60. The van der Waals surface area contributed by atoms with Crippen LogP contribution < -0.4 is 5.32 Å². The maximum atomic E-state index is 5.69. The van der Waals surface area contributed by atoms with E-state index in [1.165, 1.54) is 41.6 Å². The highest BCUT2D eigenvalue weighted by Gasteiger charge is 2.25. The zero-order chi connectivity index (χ0) is 17.9. The Hall–Kier alpha value is -1.13. The number of benzene rings is 1. The molecule has 1 aromatic rings. The highest BCUT2D eigenvalue weighted by Crippen LogP contribution is 2.24. The molecule has 0 aliphatic carbocycles. The molecule has 2 rings (SSSR count). The summed E-state index contributed by atoms with van der Waals surface area (Å²) in [5.74, 6) is 0. The van der Waals surface area contributed by atoms with Gasteiger partial charge >= 0.3 is 0 Å². The summed E-state index contributed by atoms with van der Waals surface area (Å²) in [5, 5.41) is 4.37. The molecule has 0 saturated carbocycles. The third-order valence-corrected chi connectivity index (χ3v) is 5.88. The lowest BCUT2D eigenvalue weighted by Crippen LogP contribution is -2.48.